The molecule has 2 fully saturated rings. The topological polar surface area (TPSA) is 55.2 Å². The van der Waals surface area contributed by atoms with E-state index in [-0.39, 0.29) is 12.1 Å². The van der Waals surface area contributed by atoms with E-state index in [1.54, 1.807) is 6.20 Å². The first-order valence-electron chi connectivity index (χ1n) is 7.76. The second kappa shape index (κ2) is 4.56. The number of hydrogen-bond acceptors (Lipinski definition) is 3. The van der Waals surface area contributed by atoms with Crippen molar-refractivity contribution in [1.29, 1.82) is 0 Å². The van der Waals surface area contributed by atoms with Crippen LogP contribution in [0.2, 0.25) is 0 Å². The Morgan fingerprint density at radius 1 is 1.10 bits per heavy atom. The molecule has 0 aromatic carbocycles. The van der Waals surface area contributed by atoms with Crippen molar-refractivity contribution < 1.29 is 8.42 Å². The van der Waals surface area contributed by atoms with E-state index >= 15 is 0 Å². The van der Waals surface area contributed by atoms with Gasteiger partial charge in [0.15, 0.2) is 5.03 Å². The fraction of sp³-hybridized carbons (Fsp3) is 0.786. The molecule has 1 aliphatic heterocycles. The first-order chi connectivity index (χ1) is 9.68. The second-order valence-corrected chi connectivity index (χ2v) is 8.06. The van der Waals surface area contributed by atoms with Crippen LogP contribution in [0, 0.1) is 0 Å². The van der Waals surface area contributed by atoms with Crippen LogP contribution in [0.3, 0.4) is 0 Å². The predicted octanol–water partition coefficient (Wildman–Crippen LogP) is 1.93. The Labute approximate surface area is 120 Å². The van der Waals surface area contributed by atoms with Gasteiger partial charge in [0.25, 0.3) is 10.0 Å². The molecule has 0 atom stereocenters. The molecule has 110 valence electrons. The molecule has 0 saturated heterocycles. The molecule has 0 amide bonds. The summed E-state index contributed by atoms with van der Waals surface area (Å²) in [7, 11) is -3.37. The van der Waals surface area contributed by atoms with E-state index in [4.69, 9.17) is 0 Å². The Morgan fingerprint density at radius 3 is 2.30 bits per heavy atom. The summed E-state index contributed by atoms with van der Waals surface area (Å²) in [6.45, 7) is 0.799. The van der Waals surface area contributed by atoms with Gasteiger partial charge in [0.05, 0.1) is 6.20 Å². The van der Waals surface area contributed by atoms with Gasteiger partial charge in [-0.1, -0.05) is 12.8 Å². The lowest BCUT2D eigenvalue weighted by molar-refractivity contribution is 0.123. The van der Waals surface area contributed by atoms with Crippen LogP contribution in [0.25, 0.3) is 0 Å². The molecule has 3 aliphatic rings. The van der Waals surface area contributed by atoms with Gasteiger partial charge < -0.3 is 4.57 Å². The molecule has 20 heavy (non-hydrogen) atoms. The minimum atomic E-state index is -3.37. The molecule has 2 aliphatic carbocycles. The summed E-state index contributed by atoms with van der Waals surface area (Å²) in [5.74, 6) is 0.936. The third-order valence-corrected chi connectivity index (χ3v) is 7.10. The third-order valence-electron chi connectivity index (χ3n) is 5.09. The second-order valence-electron chi connectivity index (χ2n) is 6.27. The van der Waals surface area contributed by atoms with Crippen LogP contribution in [-0.4, -0.2) is 34.4 Å². The quantitative estimate of drug-likeness (QED) is 0.853. The Bertz CT molecular complexity index is 600. The number of sulfonamides is 1. The van der Waals surface area contributed by atoms with Crippen LogP contribution < -0.4 is 0 Å². The number of hydrogen-bond donors (Lipinski definition) is 0. The van der Waals surface area contributed by atoms with Gasteiger partial charge in [-0.05, 0) is 32.1 Å². The molecule has 2 saturated carbocycles. The standard InChI is InChI=1S/C14H21N3O2S/c18-20(19,14-10-15-13-8-3-9-16(13)14)17(11-4-1-5-11)12-6-2-7-12/h10-12H,1-9H2. The van der Waals surface area contributed by atoms with Gasteiger partial charge in [-0.15, -0.1) is 0 Å². The number of aromatic nitrogens is 2. The van der Waals surface area contributed by atoms with Gasteiger partial charge in [0.2, 0.25) is 0 Å². The molecule has 2 heterocycles. The van der Waals surface area contributed by atoms with E-state index in [0.717, 1.165) is 63.7 Å². The molecule has 0 unspecified atom stereocenters. The van der Waals surface area contributed by atoms with E-state index in [0.29, 0.717) is 5.03 Å². The number of nitrogens with zero attached hydrogens (tertiary/aromatic N) is 3. The Morgan fingerprint density at radius 2 is 1.75 bits per heavy atom. The molecule has 0 spiro atoms. The summed E-state index contributed by atoms with van der Waals surface area (Å²) >= 11 is 0. The third kappa shape index (κ3) is 1.77. The van der Waals surface area contributed by atoms with Crippen molar-refractivity contribution >= 4 is 10.0 Å². The van der Waals surface area contributed by atoms with Gasteiger partial charge in [0, 0.05) is 25.0 Å². The maximum Gasteiger partial charge on any atom is 0.260 e. The lowest BCUT2D eigenvalue weighted by Gasteiger charge is -2.44. The molecular formula is C14H21N3O2S. The summed E-state index contributed by atoms with van der Waals surface area (Å²) in [6.07, 6.45) is 9.91. The van der Waals surface area contributed by atoms with Crippen LogP contribution in [0.15, 0.2) is 11.2 Å². The van der Waals surface area contributed by atoms with Crippen molar-refractivity contribution in [2.45, 2.75) is 75.0 Å². The summed E-state index contributed by atoms with van der Waals surface area (Å²) < 4.78 is 29.9. The lowest BCUT2D eigenvalue weighted by Crippen LogP contribution is -2.52. The Hall–Kier alpha value is -0.880. The Balaban J connectivity index is 1.72. The van der Waals surface area contributed by atoms with Crippen molar-refractivity contribution in [2.24, 2.45) is 0 Å². The number of aryl methyl sites for hydroxylation is 1. The zero-order valence-corrected chi connectivity index (χ0v) is 12.5. The minimum absolute atomic E-state index is 0.234. The fourth-order valence-electron chi connectivity index (χ4n) is 3.52. The van der Waals surface area contributed by atoms with Crippen molar-refractivity contribution in [3.63, 3.8) is 0 Å². The molecule has 0 bridgehead atoms. The monoisotopic (exact) mass is 295 g/mol. The molecule has 0 N–H and O–H groups in total. The summed E-state index contributed by atoms with van der Waals surface area (Å²) in [5, 5.41) is 0.434. The molecule has 6 heteroatoms. The van der Waals surface area contributed by atoms with Crippen LogP contribution >= 0.6 is 0 Å². The largest absolute Gasteiger partial charge is 0.318 e. The van der Waals surface area contributed by atoms with Gasteiger partial charge in [-0.3, -0.25) is 0 Å². The van der Waals surface area contributed by atoms with Crippen molar-refractivity contribution in [3.8, 4) is 0 Å². The highest BCUT2D eigenvalue weighted by atomic mass is 32.2. The van der Waals surface area contributed by atoms with Gasteiger partial charge in [-0.2, -0.15) is 4.31 Å². The number of imidazole rings is 1. The maximum atomic E-state index is 13.1. The molecule has 4 rings (SSSR count). The normalized spacial score (nSPS) is 23.6. The molecule has 1 aromatic heterocycles. The van der Waals surface area contributed by atoms with E-state index in [9.17, 15) is 8.42 Å². The minimum Gasteiger partial charge on any atom is -0.318 e. The summed E-state index contributed by atoms with van der Waals surface area (Å²) in [5.41, 5.74) is 0. The first kappa shape index (κ1) is 12.8. The zero-order valence-electron chi connectivity index (χ0n) is 11.7. The average molecular weight is 295 g/mol. The highest BCUT2D eigenvalue weighted by Crippen LogP contribution is 2.38. The van der Waals surface area contributed by atoms with Gasteiger partial charge in [-0.25, -0.2) is 13.4 Å². The van der Waals surface area contributed by atoms with Crippen molar-refractivity contribution in [2.75, 3.05) is 0 Å². The summed E-state index contributed by atoms with van der Waals surface area (Å²) in [4.78, 5) is 4.31. The predicted molar refractivity (Wildman–Crippen MR) is 74.9 cm³/mol. The molecular weight excluding hydrogens is 274 g/mol. The van der Waals surface area contributed by atoms with E-state index in [1.807, 2.05) is 8.87 Å². The van der Waals surface area contributed by atoms with Crippen LogP contribution in [0.5, 0.6) is 0 Å². The van der Waals surface area contributed by atoms with Gasteiger partial charge in [0.1, 0.15) is 5.82 Å². The van der Waals surface area contributed by atoms with Crippen LogP contribution in [0.4, 0.5) is 0 Å². The van der Waals surface area contributed by atoms with Crippen LogP contribution in [-0.2, 0) is 23.0 Å². The average Bonchev–Trinajstić information content (AvgIpc) is 2.83. The van der Waals surface area contributed by atoms with Gasteiger partial charge >= 0.3 is 0 Å². The van der Waals surface area contributed by atoms with E-state index in [1.165, 1.54) is 0 Å². The summed E-state index contributed by atoms with van der Waals surface area (Å²) in [6, 6.07) is 0.468. The smallest absolute Gasteiger partial charge is 0.260 e. The van der Waals surface area contributed by atoms with E-state index in [2.05, 4.69) is 4.98 Å². The molecule has 1 aromatic rings. The highest BCUT2D eigenvalue weighted by Gasteiger charge is 2.43. The van der Waals surface area contributed by atoms with Crippen molar-refractivity contribution in [3.05, 3.63) is 12.0 Å². The highest BCUT2D eigenvalue weighted by molar-refractivity contribution is 7.89. The molecule has 0 radical (unpaired) electrons. The first-order valence-corrected chi connectivity index (χ1v) is 9.20. The SMILES string of the molecule is O=S(=O)(c1cnc2n1CCC2)N(C1CCC1)C1CCC1. The maximum absolute atomic E-state index is 13.1. The Kier molecular flexibility index (Phi) is 2.93. The van der Waals surface area contributed by atoms with E-state index < -0.39 is 10.0 Å². The fourth-order valence-corrected chi connectivity index (χ4v) is 5.60. The zero-order chi connectivity index (χ0) is 13.7. The number of rotatable bonds is 4. The lowest BCUT2D eigenvalue weighted by atomic mass is 9.87. The van der Waals surface area contributed by atoms with Crippen molar-refractivity contribution in [1.82, 2.24) is 13.9 Å². The number of fused-ring (bicyclic) bond motifs is 1. The van der Waals surface area contributed by atoms with Crippen LogP contribution in [0.1, 0.15) is 50.8 Å². The molecule has 5 nitrogen and oxygen atoms in total.